The van der Waals surface area contributed by atoms with E-state index in [0.717, 1.165) is 54.7 Å². The smallest absolute Gasteiger partial charge is 0.227 e. The van der Waals surface area contributed by atoms with E-state index in [1.807, 2.05) is 35.4 Å². The van der Waals surface area contributed by atoms with Crippen LogP contribution in [-0.4, -0.2) is 47.0 Å². The number of piperazine rings is 1. The summed E-state index contributed by atoms with van der Waals surface area (Å²) < 4.78 is 1.25. The maximum atomic E-state index is 12.8. The van der Waals surface area contributed by atoms with E-state index in [-0.39, 0.29) is 5.91 Å². The van der Waals surface area contributed by atoms with E-state index in [0.29, 0.717) is 6.42 Å². The van der Waals surface area contributed by atoms with E-state index in [1.165, 1.54) is 14.6 Å². The van der Waals surface area contributed by atoms with Crippen LogP contribution in [0.2, 0.25) is 0 Å². The Bertz CT molecular complexity index is 1090. The van der Waals surface area contributed by atoms with Gasteiger partial charge in [0.2, 0.25) is 5.91 Å². The number of benzene rings is 2. The summed E-state index contributed by atoms with van der Waals surface area (Å²) >= 11 is 1.79. The first-order valence-electron chi connectivity index (χ1n) is 9.77. The lowest BCUT2D eigenvalue weighted by molar-refractivity contribution is -0.917. The van der Waals surface area contributed by atoms with Crippen molar-refractivity contribution in [3.8, 4) is 0 Å². The Morgan fingerprint density at radius 2 is 1.89 bits per heavy atom. The van der Waals surface area contributed by atoms with E-state index >= 15 is 0 Å². The summed E-state index contributed by atoms with van der Waals surface area (Å²) in [5, 5.41) is 2.34. The van der Waals surface area contributed by atoms with Gasteiger partial charge in [-0.1, -0.05) is 30.3 Å². The van der Waals surface area contributed by atoms with E-state index in [9.17, 15) is 4.79 Å². The predicted molar refractivity (Wildman–Crippen MR) is 113 cm³/mol. The number of nitrogens with one attached hydrogen (secondary N) is 2. The molecule has 3 heterocycles. The minimum absolute atomic E-state index is 0.226. The number of amides is 1. The topological polar surface area (TPSA) is 53.4 Å². The fourth-order valence-corrected chi connectivity index (χ4v) is 5.05. The molecule has 142 valence electrons. The summed E-state index contributed by atoms with van der Waals surface area (Å²) in [6.07, 6.45) is 2.44. The molecule has 2 N–H and O–H groups in total. The molecule has 0 bridgehead atoms. The molecule has 0 aliphatic carbocycles. The first-order valence-corrected chi connectivity index (χ1v) is 10.6. The van der Waals surface area contributed by atoms with E-state index in [4.69, 9.17) is 4.98 Å². The van der Waals surface area contributed by atoms with Crippen molar-refractivity contribution in [2.75, 3.05) is 26.2 Å². The molecule has 5 rings (SSSR count). The number of thiazole rings is 1. The number of hydrogen-bond donors (Lipinski definition) is 2. The largest absolute Gasteiger partial charge is 0.361 e. The second kappa shape index (κ2) is 7.37. The molecule has 1 aliphatic heterocycles. The fraction of sp³-hybridized carbons (Fsp3) is 0.273. The molecule has 0 radical (unpaired) electrons. The molecule has 5 nitrogen and oxygen atoms in total. The van der Waals surface area contributed by atoms with E-state index in [1.54, 1.807) is 11.3 Å². The van der Waals surface area contributed by atoms with Gasteiger partial charge in [0.1, 0.15) is 11.6 Å². The zero-order valence-corrected chi connectivity index (χ0v) is 16.5. The number of para-hydroxylation sites is 2. The van der Waals surface area contributed by atoms with Crippen molar-refractivity contribution in [3.05, 3.63) is 65.3 Å². The van der Waals surface area contributed by atoms with Crippen LogP contribution in [0.25, 0.3) is 21.1 Å². The van der Waals surface area contributed by atoms with Crippen LogP contribution in [0.15, 0.2) is 54.7 Å². The number of fused-ring (bicyclic) bond motifs is 2. The summed E-state index contributed by atoms with van der Waals surface area (Å²) in [7, 11) is 0. The summed E-state index contributed by atoms with van der Waals surface area (Å²) in [4.78, 5) is 24.3. The zero-order chi connectivity index (χ0) is 18.9. The zero-order valence-electron chi connectivity index (χ0n) is 15.6. The molecule has 0 unspecified atom stereocenters. The highest BCUT2D eigenvalue weighted by atomic mass is 32.1. The maximum Gasteiger partial charge on any atom is 0.227 e. The Morgan fingerprint density at radius 3 is 2.75 bits per heavy atom. The molecule has 0 spiro atoms. The Kier molecular flexibility index (Phi) is 4.58. The third-order valence-corrected chi connectivity index (χ3v) is 6.62. The minimum atomic E-state index is 0.226. The monoisotopic (exact) mass is 391 g/mol. The summed E-state index contributed by atoms with van der Waals surface area (Å²) in [5.41, 5.74) is 3.27. The molecular weight excluding hydrogens is 368 g/mol. The molecule has 1 saturated heterocycles. The highest BCUT2D eigenvalue weighted by Crippen LogP contribution is 2.21. The quantitative estimate of drug-likeness (QED) is 0.561. The number of rotatable bonds is 4. The standard InChI is InChI=1S/C22H22N4OS/c27-22(13-16-14-23-18-6-2-1-5-17(16)18)26-11-9-25(10-12-26)15-21-24-19-7-3-4-8-20(19)28-21/h1-8,14,23H,9-13,15H2/p+1. The molecule has 4 aromatic rings. The number of aromatic amines is 1. The number of quaternary nitrogens is 1. The van der Waals surface area contributed by atoms with Gasteiger partial charge in [-0.25, -0.2) is 4.98 Å². The van der Waals surface area contributed by atoms with Crippen LogP contribution in [0.1, 0.15) is 10.6 Å². The Hall–Kier alpha value is -2.70. The minimum Gasteiger partial charge on any atom is -0.361 e. The number of nitrogens with zero attached hydrogens (tertiary/aromatic N) is 2. The maximum absolute atomic E-state index is 12.8. The molecule has 28 heavy (non-hydrogen) atoms. The predicted octanol–water partition coefficient (Wildman–Crippen LogP) is 2.25. The normalized spacial score (nSPS) is 15.5. The van der Waals surface area contributed by atoms with Gasteiger partial charge in [-0.2, -0.15) is 0 Å². The van der Waals surface area contributed by atoms with Crippen molar-refractivity contribution < 1.29 is 9.69 Å². The third kappa shape index (κ3) is 3.41. The van der Waals surface area contributed by atoms with Gasteiger partial charge in [0, 0.05) is 17.1 Å². The molecule has 2 aromatic carbocycles. The van der Waals surface area contributed by atoms with Gasteiger partial charge in [0.25, 0.3) is 0 Å². The summed E-state index contributed by atoms with van der Waals surface area (Å²) in [5.74, 6) is 0.226. The van der Waals surface area contributed by atoms with Gasteiger partial charge in [-0.3, -0.25) is 4.79 Å². The van der Waals surface area contributed by atoms with E-state index in [2.05, 4.69) is 29.2 Å². The van der Waals surface area contributed by atoms with Crippen molar-refractivity contribution in [2.45, 2.75) is 13.0 Å². The molecule has 1 fully saturated rings. The van der Waals surface area contributed by atoms with Crippen molar-refractivity contribution in [1.82, 2.24) is 14.9 Å². The second-order valence-electron chi connectivity index (χ2n) is 7.42. The average molecular weight is 392 g/mol. The van der Waals surface area contributed by atoms with Crippen LogP contribution in [0.5, 0.6) is 0 Å². The molecule has 2 aromatic heterocycles. The highest BCUT2D eigenvalue weighted by molar-refractivity contribution is 7.18. The summed E-state index contributed by atoms with van der Waals surface area (Å²) in [6, 6.07) is 16.5. The number of H-pyrrole nitrogens is 1. The van der Waals surface area contributed by atoms with Crippen LogP contribution in [0, 0.1) is 0 Å². The molecular formula is C22H23N4OS+. The number of carbonyl (C=O) groups excluding carboxylic acids is 1. The summed E-state index contributed by atoms with van der Waals surface area (Å²) in [6.45, 7) is 4.55. The molecule has 0 saturated carbocycles. The SMILES string of the molecule is O=C(Cc1c[nH]c2ccccc12)N1CC[NH+](Cc2nc3ccccc3s2)CC1. The van der Waals surface area contributed by atoms with Crippen molar-refractivity contribution >= 4 is 38.4 Å². The van der Waals surface area contributed by atoms with Crippen LogP contribution in [0.4, 0.5) is 0 Å². The Morgan fingerprint density at radius 1 is 1.11 bits per heavy atom. The van der Waals surface area contributed by atoms with Crippen molar-refractivity contribution in [1.29, 1.82) is 0 Å². The van der Waals surface area contributed by atoms with Gasteiger partial charge in [-0.15, -0.1) is 11.3 Å². The molecule has 0 atom stereocenters. The lowest BCUT2D eigenvalue weighted by atomic mass is 10.1. The Balaban J connectivity index is 1.19. The highest BCUT2D eigenvalue weighted by Gasteiger charge is 2.25. The molecule has 6 heteroatoms. The average Bonchev–Trinajstić information content (AvgIpc) is 3.32. The lowest BCUT2D eigenvalue weighted by Gasteiger charge is -2.31. The number of hydrogen-bond acceptors (Lipinski definition) is 3. The van der Waals surface area contributed by atoms with Crippen LogP contribution in [0.3, 0.4) is 0 Å². The second-order valence-corrected chi connectivity index (χ2v) is 8.53. The fourth-order valence-electron chi connectivity index (χ4n) is 4.01. The number of aromatic nitrogens is 2. The van der Waals surface area contributed by atoms with E-state index < -0.39 is 0 Å². The van der Waals surface area contributed by atoms with Gasteiger partial charge < -0.3 is 14.8 Å². The van der Waals surface area contributed by atoms with Gasteiger partial charge in [-0.05, 0) is 23.8 Å². The van der Waals surface area contributed by atoms with Gasteiger partial charge in [0.05, 0.1) is 42.8 Å². The third-order valence-electron chi connectivity index (χ3n) is 5.58. The molecule has 1 aliphatic rings. The van der Waals surface area contributed by atoms with Gasteiger partial charge in [0.15, 0.2) is 0 Å². The Labute approximate surface area is 167 Å². The molecule has 1 amide bonds. The van der Waals surface area contributed by atoms with Crippen molar-refractivity contribution in [3.63, 3.8) is 0 Å². The van der Waals surface area contributed by atoms with Gasteiger partial charge >= 0.3 is 0 Å². The van der Waals surface area contributed by atoms with Crippen LogP contribution < -0.4 is 4.90 Å². The first kappa shape index (κ1) is 17.4. The lowest BCUT2D eigenvalue weighted by Crippen LogP contribution is -3.13. The van der Waals surface area contributed by atoms with Crippen molar-refractivity contribution in [2.24, 2.45) is 0 Å². The number of carbonyl (C=O) groups is 1. The van der Waals surface area contributed by atoms with Crippen LogP contribution in [-0.2, 0) is 17.8 Å². The van der Waals surface area contributed by atoms with Crippen LogP contribution >= 0.6 is 11.3 Å². The first-order chi connectivity index (χ1) is 13.8.